The average molecular weight is 493 g/mol. The normalized spacial score (nSPS) is 17.5. The molecule has 2 atom stereocenters. The van der Waals surface area contributed by atoms with E-state index in [0.29, 0.717) is 28.0 Å². The Bertz CT molecular complexity index is 1450. The summed E-state index contributed by atoms with van der Waals surface area (Å²) in [7, 11) is 0. The average Bonchev–Trinajstić information content (AvgIpc) is 3.52. The summed E-state index contributed by atoms with van der Waals surface area (Å²) < 4.78 is 39.2. The second-order valence-electron chi connectivity index (χ2n) is 8.53. The lowest BCUT2D eigenvalue weighted by Gasteiger charge is -2.23. The van der Waals surface area contributed by atoms with Crippen LogP contribution in [-0.2, 0) is 11.4 Å². The summed E-state index contributed by atoms with van der Waals surface area (Å²) in [6.07, 6.45) is 0.411. The number of furan rings is 1. The lowest BCUT2D eigenvalue weighted by Crippen LogP contribution is -2.45. The van der Waals surface area contributed by atoms with Gasteiger partial charge in [-0.3, -0.25) is 4.79 Å². The van der Waals surface area contributed by atoms with Gasteiger partial charge in [0.15, 0.2) is 17.7 Å². The third-order valence-corrected chi connectivity index (χ3v) is 6.25. The molecular weight excluding hydrogens is 472 g/mol. The number of carboxylic acids is 1. The first kappa shape index (κ1) is 23.5. The summed E-state index contributed by atoms with van der Waals surface area (Å²) in [4.78, 5) is 25.5. The second kappa shape index (κ2) is 9.43. The monoisotopic (exact) mass is 493 g/mol. The lowest BCUT2D eigenvalue weighted by molar-refractivity contribution is -0.144. The number of ether oxygens (including phenoxy) is 1. The fraction of sp³-hybridized carbons (Fsp3) is 0.185. The fourth-order valence-electron chi connectivity index (χ4n) is 4.45. The molecule has 1 fully saturated rings. The molecule has 9 heteroatoms. The maximum Gasteiger partial charge on any atom is 0.329 e. The van der Waals surface area contributed by atoms with Crippen LogP contribution in [0.15, 0.2) is 71.3 Å². The van der Waals surface area contributed by atoms with Crippen LogP contribution in [0.4, 0.5) is 8.78 Å². The van der Waals surface area contributed by atoms with Crippen molar-refractivity contribution in [2.45, 2.75) is 25.2 Å². The molecule has 0 bridgehead atoms. The molecule has 1 aliphatic heterocycles. The van der Waals surface area contributed by atoms with Crippen molar-refractivity contribution in [3.63, 3.8) is 0 Å². The van der Waals surface area contributed by atoms with Gasteiger partial charge in [-0.2, -0.15) is 0 Å². The van der Waals surface area contributed by atoms with Gasteiger partial charge in [0.2, 0.25) is 0 Å². The number of nitrogens with zero attached hydrogens (tertiary/aromatic N) is 1. The molecule has 7 nitrogen and oxygen atoms in total. The number of halogens is 2. The number of carbonyl (C=O) groups excluding carboxylic acids is 1. The van der Waals surface area contributed by atoms with Crippen LogP contribution < -0.4 is 4.74 Å². The third-order valence-electron chi connectivity index (χ3n) is 6.25. The van der Waals surface area contributed by atoms with Gasteiger partial charge in [-0.25, -0.2) is 13.6 Å². The highest BCUT2D eigenvalue weighted by Gasteiger charge is 2.41. The summed E-state index contributed by atoms with van der Waals surface area (Å²) in [5.74, 6) is -3.12. The first-order valence-electron chi connectivity index (χ1n) is 11.2. The smallest absolute Gasteiger partial charge is 0.329 e. The van der Waals surface area contributed by atoms with E-state index in [1.807, 2.05) is 0 Å². The maximum absolute atomic E-state index is 14.0. The number of aliphatic hydroxyl groups is 1. The van der Waals surface area contributed by atoms with Gasteiger partial charge in [-0.15, -0.1) is 0 Å². The van der Waals surface area contributed by atoms with E-state index in [2.05, 4.69) is 0 Å². The Labute approximate surface area is 204 Å². The van der Waals surface area contributed by atoms with Crippen LogP contribution in [0.5, 0.6) is 5.75 Å². The van der Waals surface area contributed by atoms with E-state index in [1.54, 1.807) is 48.5 Å². The van der Waals surface area contributed by atoms with Crippen LogP contribution in [0.25, 0.3) is 22.1 Å². The van der Waals surface area contributed by atoms with Crippen molar-refractivity contribution in [2.75, 3.05) is 6.54 Å². The highest BCUT2D eigenvalue weighted by Crippen LogP contribution is 2.33. The van der Waals surface area contributed by atoms with Crippen LogP contribution >= 0.6 is 0 Å². The van der Waals surface area contributed by atoms with Crippen molar-refractivity contribution in [1.29, 1.82) is 0 Å². The number of carbonyl (C=O) groups is 2. The number of fused-ring (bicyclic) bond motifs is 1. The first-order chi connectivity index (χ1) is 17.3. The van der Waals surface area contributed by atoms with Crippen molar-refractivity contribution in [2.24, 2.45) is 0 Å². The summed E-state index contributed by atoms with van der Waals surface area (Å²) in [6, 6.07) is 14.6. The summed E-state index contributed by atoms with van der Waals surface area (Å²) >= 11 is 0. The van der Waals surface area contributed by atoms with Gasteiger partial charge in [-0.05, 0) is 53.9 Å². The number of aliphatic hydroxyl groups excluding tert-OH is 1. The molecule has 184 valence electrons. The Kier molecular flexibility index (Phi) is 6.15. The molecular formula is C27H21F2NO6. The predicted molar refractivity (Wildman–Crippen MR) is 125 cm³/mol. The highest BCUT2D eigenvalue weighted by molar-refractivity contribution is 5.97. The van der Waals surface area contributed by atoms with Crippen LogP contribution in [0.1, 0.15) is 22.3 Å². The zero-order valence-corrected chi connectivity index (χ0v) is 18.9. The van der Waals surface area contributed by atoms with E-state index in [-0.39, 0.29) is 30.5 Å². The molecule has 1 aromatic heterocycles. The molecule has 0 unspecified atom stereocenters. The van der Waals surface area contributed by atoms with Crippen molar-refractivity contribution in [1.82, 2.24) is 4.90 Å². The Morgan fingerprint density at radius 3 is 2.61 bits per heavy atom. The molecule has 3 aromatic carbocycles. The van der Waals surface area contributed by atoms with Gasteiger partial charge in [0, 0.05) is 17.7 Å². The van der Waals surface area contributed by atoms with Gasteiger partial charge in [0.1, 0.15) is 17.9 Å². The van der Waals surface area contributed by atoms with Gasteiger partial charge < -0.3 is 24.3 Å². The minimum absolute atomic E-state index is 0.0675. The molecule has 0 spiro atoms. The fourth-order valence-corrected chi connectivity index (χ4v) is 4.45. The minimum atomic E-state index is -1.27. The van der Waals surface area contributed by atoms with Crippen molar-refractivity contribution in [3.8, 4) is 16.9 Å². The van der Waals surface area contributed by atoms with E-state index < -0.39 is 35.7 Å². The van der Waals surface area contributed by atoms with E-state index in [0.717, 1.165) is 6.07 Å². The standard InChI is InChI=1S/C27H21F2NO6/c28-21-13-20(25-19(23(21)29)9-11-35-25)16-4-6-18(7-5-16)36-14-15-2-1-3-17(12-15)26(32)30-10-8-22(31)24(30)27(33)34/h1-7,9,11-13,22,24,31H,8,10,14H2,(H,33,34)/t22-,24+/m1/s1. The number of hydrogen-bond acceptors (Lipinski definition) is 5. The molecule has 0 radical (unpaired) electrons. The Morgan fingerprint density at radius 2 is 1.86 bits per heavy atom. The number of hydrogen-bond donors (Lipinski definition) is 2. The largest absolute Gasteiger partial charge is 0.489 e. The topological polar surface area (TPSA) is 100 Å². The van der Waals surface area contributed by atoms with Crippen molar-refractivity contribution in [3.05, 3.63) is 89.7 Å². The maximum atomic E-state index is 14.0. The lowest BCUT2D eigenvalue weighted by atomic mass is 10.0. The SMILES string of the molecule is O=C(O)[C@@H]1[C@H](O)CCN1C(=O)c1cccc(COc2ccc(-c3cc(F)c(F)c4ccoc34)cc2)c1. The van der Waals surface area contributed by atoms with E-state index in [9.17, 15) is 28.6 Å². The quantitative estimate of drug-likeness (QED) is 0.407. The number of carboxylic acid groups (broad SMARTS) is 1. The van der Waals surface area contributed by atoms with Gasteiger partial charge in [-0.1, -0.05) is 24.3 Å². The number of benzene rings is 3. The molecule has 0 aliphatic carbocycles. The zero-order chi connectivity index (χ0) is 25.4. The van der Waals surface area contributed by atoms with E-state index >= 15 is 0 Å². The molecule has 2 heterocycles. The predicted octanol–water partition coefficient (Wildman–Crippen LogP) is 4.62. The van der Waals surface area contributed by atoms with Gasteiger partial charge in [0.05, 0.1) is 17.8 Å². The molecule has 0 saturated carbocycles. The van der Waals surface area contributed by atoms with Crippen LogP contribution in [0.2, 0.25) is 0 Å². The number of likely N-dealkylation sites (tertiary alicyclic amines) is 1. The second-order valence-corrected chi connectivity index (χ2v) is 8.53. The van der Waals surface area contributed by atoms with Crippen LogP contribution in [0, 0.1) is 11.6 Å². The van der Waals surface area contributed by atoms with Crippen molar-refractivity contribution >= 4 is 22.8 Å². The zero-order valence-electron chi connectivity index (χ0n) is 18.9. The Balaban J connectivity index is 1.29. The summed E-state index contributed by atoms with van der Waals surface area (Å²) in [5, 5.41) is 19.3. The summed E-state index contributed by atoms with van der Waals surface area (Å²) in [6.45, 7) is 0.297. The van der Waals surface area contributed by atoms with Crippen LogP contribution in [-0.4, -0.2) is 45.7 Å². The molecule has 5 rings (SSSR count). The Morgan fingerprint density at radius 1 is 1.08 bits per heavy atom. The minimum Gasteiger partial charge on any atom is -0.489 e. The molecule has 1 aliphatic rings. The molecule has 1 saturated heterocycles. The molecule has 36 heavy (non-hydrogen) atoms. The number of amides is 1. The number of aliphatic carboxylic acids is 1. The van der Waals surface area contributed by atoms with Crippen LogP contribution in [0.3, 0.4) is 0 Å². The Hall–Kier alpha value is -4.24. The molecule has 2 N–H and O–H groups in total. The highest BCUT2D eigenvalue weighted by atomic mass is 19.2. The molecule has 1 amide bonds. The summed E-state index contributed by atoms with van der Waals surface area (Å²) in [5.41, 5.74) is 2.27. The van der Waals surface area contributed by atoms with E-state index in [1.165, 1.54) is 17.2 Å². The van der Waals surface area contributed by atoms with Gasteiger partial charge >= 0.3 is 5.97 Å². The molecule has 4 aromatic rings. The van der Waals surface area contributed by atoms with E-state index in [4.69, 9.17) is 9.15 Å². The van der Waals surface area contributed by atoms with Crippen molar-refractivity contribution < 1.29 is 37.7 Å². The first-order valence-corrected chi connectivity index (χ1v) is 11.2. The van der Waals surface area contributed by atoms with Gasteiger partial charge in [0.25, 0.3) is 5.91 Å². The number of rotatable bonds is 6. The third kappa shape index (κ3) is 4.29.